The highest BCUT2D eigenvalue weighted by Gasteiger charge is 2.19. The third-order valence-electron chi connectivity index (χ3n) is 4.73. The highest BCUT2D eigenvalue weighted by Crippen LogP contribution is 2.26. The van der Waals surface area contributed by atoms with Crippen LogP contribution in [0.4, 0.5) is 4.39 Å². The number of hydrogen-bond acceptors (Lipinski definition) is 3. The van der Waals surface area contributed by atoms with Gasteiger partial charge in [0.25, 0.3) is 5.56 Å². The van der Waals surface area contributed by atoms with Crippen LogP contribution in [0.3, 0.4) is 0 Å². The predicted octanol–water partition coefficient (Wildman–Crippen LogP) is 3.90. The first-order valence-electron chi connectivity index (χ1n) is 8.99. The van der Waals surface area contributed by atoms with Gasteiger partial charge in [0.05, 0.1) is 6.54 Å². The van der Waals surface area contributed by atoms with Crippen molar-refractivity contribution in [1.29, 1.82) is 0 Å². The maximum Gasteiger partial charge on any atom is 0.331 e. The molecule has 5 nitrogen and oxygen atoms in total. The molecule has 0 aliphatic carbocycles. The summed E-state index contributed by atoms with van der Waals surface area (Å²) in [5, 5.41) is 0.714. The molecule has 0 radical (unpaired) electrons. The minimum absolute atomic E-state index is 0.175. The lowest BCUT2D eigenvalue weighted by molar-refractivity contribution is 0.545. The SMILES string of the molecule is CCCCn1c(=O)c2oc3ccccc3c2n(Cc2ccc(F)cc2)c1=O. The number of halogens is 1. The summed E-state index contributed by atoms with van der Waals surface area (Å²) < 4.78 is 21.8. The molecule has 0 bridgehead atoms. The standard InChI is InChI=1S/C21H19FN2O3/c1-2-3-12-23-20(25)19-18(16-6-4-5-7-17(16)27-19)24(21(23)26)13-14-8-10-15(22)11-9-14/h4-11H,2-3,12-13H2,1H3. The molecule has 2 heterocycles. The lowest BCUT2D eigenvalue weighted by Crippen LogP contribution is -2.40. The van der Waals surface area contributed by atoms with E-state index < -0.39 is 5.56 Å². The lowest BCUT2D eigenvalue weighted by atomic mass is 10.2. The van der Waals surface area contributed by atoms with Gasteiger partial charge in [0, 0.05) is 11.9 Å². The van der Waals surface area contributed by atoms with Gasteiger partial charge < -0.3 is 4.42 Å². The zero-order valence-corrected chi connectivity index (χ0v) is 14.9. The molecule has 0 amide bonds. The van der Waals surface area contributed by atoms with Crippen LogP contribution in [0.1, 0.15) is 25.3 Å². The summed E-state index contributed by atoms with van der Waals surface area (Å²) in [5.41, 5.74) is 1.20. The van der Waals surface area contributed by atoms with Gasteiger partial charge in [-0.3, -0.25) is 13.9 Å². The Morgan fingerprint density at radius 2 is 1.74 bits per heavy atom. The number of furan rings is 1. The summed E-state index contributed by atoms with van der Waals surface area (Å²) in [6.07, 6.45) is 1.58. The van der Waals surface area contributed by atoms with Crippen LogP contribution in [-0.4, -0.2) is 9.13 Å². The van der Waals surface area contributed by atoms with Gasteiger partial charge >= 0.3 is 5.69 Å². The molecule has 2 aromatic carbocycles. The van der Waals surface area contributed by atoms with Crippen LogP contribution in [0, 0.1) is 5.82 Å². The van der Waals surface area contributed by atoms with Crippen molar-refractivity contribution in [2.24, 2.45) is 0 Å². The van der Waals surface area contributed by atoms with Crippen molar-refractivity contribution in [3.05, 3.63) is 80.7 Å². The number of hydrogen-bond donors (Lipinski definition) is 0. The minimum atomic E-state index is -0.407. The molecule has 0 unspecified atom stereocenters. The summed E-state index contributed by atoms with van der Waals surface area (Å²) in [6.45, 7) is 2.57. The van der Waals surface area contributed by atoms with E-state index in [1.165, 1.54) is 16.7 Å². The van der Waals surface area contributed by atoms with E-state index in [1.807, 2.05) is 25.1 Å². The molecule has 4 aromatic rings. The van der Waals surface area contributed by atoms with Gasteiger partial charge in [0.15, 0.2) is 0 Å². The molecule has 4 rings (SSSR count). The Morgan fingerprint density at radius 3 is 2.48 bits per heavy atom. The highest BCUT2D eigenvalue weighted by molar-refractivity contribution is 6.02. The molecular weight excluding hydrogens is 347 g/mol. The maximum absolute atomic E-state index is 13.2. The number of rotatable bonds is 5. The summed E-state index contributed by atoms with van der Waals surface area (Å²) in [5.74, 6) is -0.335. The van der Waals surface area contributed by atoms with Crippen molar-refractivity contribution >= 4 is 22.1 Å². The molecule has 138 valence electrons. The van der Waals surface area contributed by atoms with Gasteiger partial charge in [0.2, 0.25) is 5.58 Å². The zero-order chi connectivity index (χ0) is 19.0. The van der Waals surface area contributed by atoms with Crippen molar-refractivity contribution < 1.29 is 8.81 Å². The van der Waals surface area contributed by atoms with E-state index in [1.54, 1.807) is 22.8 Å². The van der Waals surface area contributed by atoms with E-state index >= 15 is 0 Å². The van der Waals surface area contributed by atoms with Crippen LogP contribution in [-0.2, 0) is 13.1 Å². The molecule has 0 saturated heterocycles. The Morgan fingerprint density at radius 1 is 1.00 bits per heavy atom. The fourth-order valence-corrected chi connectivity index (χ4v) is 3.33. The van der Waals surface area contributed by atoms with Gasteiger partial charge in [-0.25, -0.2) is 9.18 Å². The Labute approximate surface area is 154 Å². The topological polar surface area (TPSA) is 57.1 Å². The van der Waals surface area contributed by atoms with Crippen molar-refractivity contribution in [2.75, 3.05) is 0 Å². The molecule has 0 aliphatic rings. The Hall–Kier alpha value is -3.15. The Kier molecular flexibility index (Phi) is 4.39. The third-order valence-corrected chi connectivity index (χ3v) is 4.73. The average molecular weight is 366 g/mol. The van der Waals surface area contributed by atoms with Crippen molar-refractivity contribution in [3.63, 3.8) is 0 Å². The number of aromatic nitrogens is 2. The van der Waals surface area contributed by atoms with Gasteiger partial charge in [-0.1, -0.05) is 37.6 Å². The smallest absolute Gasteiger partial charge is 0.331 e. The van der Waals surface area contributed by atoms with Crippen LogP contribution in [0.5, 0.6) is 0 Å². The number of para-hydroxylation sites is 1. The van der Waals surface area contributed by atoms with E-state index in [2.05, 4.69) is 0 Å². The molecule has 0 spiro atoms. The summed E-state index contributed by atoms with van der Waals surface area (Å²) in [6, 6.07) is 13.3. The van der Waals surface area contributed by atoms with E-state index in [0.717, 1.165) is 18.4 Å². The van der Waals surface area contributed by atoms with Crippen LogP contribution >= 0.6 is 0 Å². The van der Waals surface area contributed by atoms with Gasteiger partial charge in [-0.05, 0) is 36.2 Å². The molecule has 27 heavy (non-hydrogen) atoms. The predicted molar refractivity (Wildman–Crippen MR) is 103 cm³/mol. The van der Waals surface area contributed by atoms with Crippen LogP contribution in [0.25, 0.3) is 22.1 Å². The summed E-state index contributed by atoms with van der Waals surface area (Å²) in [4.78, 5) is 26.0. The van der Waals surface area contributed by atoms with E-state index in [0.29, 0.717) is 23.0 Å². The maximum atomic E-state index is 13.2. The van der Waals surface area contributed by atoms with Gasteiger partial charge in [0.1, 0.15) is 16.9 Å². The quantitative estimate of drug-likeness (QED) is 0.538. The Bertz CT molecular complexity index is 1230. The van der Waals surface area contributed by atoms with Crippen LogP contribution < -0.4 is 11.2 Å². The normalized spacial score (nSPS) is 11.5. The molecule has 0 aliphatic heterocycles. The molecular formula is C21H19FN2O3. The summed E-state index contributed by atoms with van der Waals surface area (Å²) >= 11 is 0. The van der Waals surface area contributed by atoms with Gasteiger partial charge in [-0.15, -0.1) is 0 Å². The van der Waals surface area contributed by atoms with Crippen LogP contribution in [0.15, 0.2) is 62.5 Å². The molecule has 0 saturated carbocycles. The average Bonchev–Trinajstić information content (AvgIpc) is 3.06. The minimum Gasteiger partial charge on any atom is -0.449 e. The highest BCUT2D eigenvalue weighted by atomic mass is 19.1. The van der Waals surface area contributed by atoms with E-state index in [4.69, 9.17) is 4.42 Å². The Balaban J connectivity index is 2.02. The first kappa shape index (κ1) is 17.3. The fourth-order valence-electron chi connectivity index (χ4n) is 3.33. The molecule has 0 fully saturated rings. The third kappa shape index (κ3) is 2.97. The first-order valence-corrected chi connectivity index (χ1v) is 8.99. The number of nitrogens with zero attached hydrogens (tertiary/aromatic N) is 2. The molecule has 0 atom stereocenters. The number of benzene rings is 2. The van der Waals surface area contributed by atoms with E-state index in [-0.39, 0.29) is 23.6 Å². The largest absolute Gasteiger partial charge is 0.449 e. The van der Waals surface area contributed by atoms with Crippen molar-refractivity contribution in [1.82, 2.24) is 9.13 Å². The second-order valence-electron chi connectivity index (χ2n) is 6.58. The monoisotopic (exact) mass is 366 g/mol. The molecule has 2 aromatic heterocycles. The molecule has 0 N–H and O–H groups in total. The number of unbranched alkanes of at least 4 members (excludes halogenated alkanes) is 1. The lowest BCUT2D eigenvalue weighted by Gasteiger charge is -2.12. The summed E-state index contributed by atoms with van der Waals surface area (Å²) in [7, 11) is 0. The fraction of sp³-hybridized carbons (Fsp3) is 0.238. The number of fused-ring (bicyclic) bond motifs is 3. The second-order valence-corrected chi connectivity index (χ2v) is 6.58. The first-order chi connectivity index (χ1) is 13.1. The van der Waals surface area contributed by atoms with E-state index in [9.17, 15) is 14.0 Å². The zero-order valence-electron chi connectivity index (χ0n) is 14.9. The van der Waals surface area contributed by atoms with Crippen molar-refractivity contribution in [3.8, 4) is 0 Å². The molecule has 6 heteroatoms. The van der Waals surface area contributed by atoms with Crippen molar-refractivity contribution in [2.45, 2.75) is 32.9 Å². The second kappa shape index (κ2) is 6.87. The van der Waals surface area contributed by atoms with Gasteiger partial charge in [-0.2, -0.15) is 0 Å². The van der Waals surface area contributed by atoms with Crippen LogP contribution in [0.2, 0.25) is 0 Å².